The molecule has 178 valence electrons. The highest BCUT2D eigenvalue weighted by Gasteiger charge is 2.28. The van der Waals surface area contributed by atoms with E-state index in [0.717, 1.165) is 35.3 Å². The fourth-order valence-electron chi connectivity index (χ4n) is 3.52. The Labute approximate surface area is 224 Å². The molecule has 2 N–H and O–H groups in total. The first-order valence-electron chi connectivity index (χ1n) is 10.0. The number of pyridine rings is 1. The lowest BCUT2D eigenvalue weighted by molar-refractivity contribution is -0.118. The second kappa shape index (κ2) is 10.9. The predicted molar refractivity (Wildman–Crippen MR) is 137 cm³/mol. The Morgan fingerprint density at radius 2 is 1.74 bits per heavy atom. The van der Waals surface area contributed by atoms with Gasteiger partial charge in [0.25, 0.3) is 11.8 Å². The number of benzene rings is 1. The molecule has 12 heteroatoms. The van der Waals surface area contributed by atoms with E-state index >= 15 is 0 Å². The Bertz CT molecular complexity index is 1240. The van der Waals surface area contributed by atoms with E-state index < -0.39 is 12.5 Å². The number of rotatable bonds is 7. The Morgan fingerprint density at radius 1 is 1.03 bits per heavy atom. The van der Waals surface area contributed by atoms with Gasteiger partial charge in [0, 0.05) is 23.8 Å². The topological polar surface area (TPSA) is 80.3 Å². The van der Waals surface area contributed by atoms with Gasteiger partial charge in [-0.15, -0.1) is 11.3 Å². The van der Waals surface area contributed by atoms with E-state index in [-0.39, 0.29) is 36.8 Å². The average molecular weight is 580 g/mol. The number of aryl methyl sites for hydroxylation is 1. The molecule has 0 unspecified atom stereocenters. The molecule has 1 aliphatic carbocycles. The fourth-order valence-corrected chi connectivity index (χ4v) is 6.05. The van der Waals surface area contributed by atoms with E-state index in [4.69, 9.17) is 62.7 Å². The van der Waals surface area contributed by atoms with Crippen LogP contribution in [-0.2, 0) is 24.2 Å². The second-order valence-electron chi connectivity index (χ2n) is 7.34. The predicted octanol–water partition coefficient (Wildman–Crippen LogP) is 6.85. The number of nitrogens with one attached hydrogen (secondary N) is 2. The van der Waals surface area contributed by atoms with Crippen LogP contribution in [-0.4, -0.2) is 23.4 Å². The van der Waals surface area contributed by atoms with Gasteiger partial charge in [-0.05, 0) is 36.5 Å². The van der Waals surface area contributed by atoms with Crippen molar-refractivity contribution in [2.24, 2.45) is 0 Å². The third-order valence-electron chi connectivity index (χ3n) is 5.09. The van der Waals surface area contributed by atoms with E-state index in [9.17, 15) is 9.59 Å². The monoisotopic (exact) mass is 577 g/mol. The average Bonchev–Trinajstić information content (AvgIpc) is 3.41. The lowest BCUT2D eigenvalue weighted by Gasteiger charge is -2.14. The second-order valence-corrected chi connectivity index (χ2v) is 10.3. The zero-order chi connectivity index (χ0) is 24.4. The maximum absolute atomic E-state index is 13.0. The molecule has 0 fully saturated rings. The molecule has 0 saturated carbocycles. The van der Waals surface area contributed by atoms with Crippen LogP contribution >= 0.6 is 69.3 Å². The van der Waals surface area contributed by atoms with Crippen molar-refractivity contribution in [3.05, 3.63) is 71.2 Å². The summed E-state index contributed by atoms with van der Waals surface area (Å²) in [5.74, 6) is -0.821. The molecule has 3 aromatic rings. The smallest absolute Gasteiger partial charge is 0.262 e. The minimum absolute atomic E-state index is 0.00910. The van der Waals surface area contributed by atoms with Crippen LogP contribution in [0.3, 0.4) is 0 Å². The maximum atomic E-state index is 13.0. The van der Waals surface area contributed by atoms with Gasteiger partial charge in [0.2, 0.25) is 0 Å². The zero-order valence-electron chi connectivity index (χ0n) is 17.3. The molecule has 0 atom stereocenters. The number of nitrogens with zero attached hydrogens (tertiary/aromatic N) is 1. The quantitative estimate of drug-likeness (QED) is 0.237. The van der Waals surface area contributed by atoms with Gasteiger partial charge in [0.05, 0.1) is 20.6 Å². The number of anilines is 1. The molecule has 0 bridgehead atoms. The first-order valence-corrected chi connectivity index (χ1v) is 12.7. The summed E-state index contributed by atoms with van der Waals surface area (Å²) in [7, 11) is 0. The molecule has 1 aromatic carbocycles. The molecule has 4 rings (SSSR count). The maximum Gasteiger partial charge on any atom is 0.262 e. The molecule has 1 aliphatic rings. The molecule has 0 radical (unpaired) electrons. The van der Waals surface area contributed by atoms with Gasteiger partial charge in [0.1, 0.15) is 15.0 Å². The van der Waals surface area contributed by atoms with Crippen molar-refractivity contribution in [1.82, 2.24) is 10.3 Å². The van der Waals surface area contributed by atoms with E-state index in [2.05, 4.69) is 15.6 Å². The molecular formula is C22H16Cl5N3O3S. The minimum atomic E-state index is -0.504. The first-order chi connectivity index (χ1) is 16.3. The number of halogens is 5. The summed E-state index contributed by atoms with van der Waals surface area (Å²) in [5, 5.41) is 5.95. The van der Waals surface area contributed by atoms with Gasteiger partial charge < -0.3 is 15.4 Å². The van der Waals surface area contributed by atoms with Crippen LogP contribution in [0.25, 0.3) is 0 Å². The Kier molecular flexibility index (Phi) is 8.12. The summed E-state index contributed by atoms with van der Waals surface area (Å²) in [4.78, 5) is 30.8. The normalized spacial score (nSPS) is 12.4. The van der Waals surface area contributed by atoms with Gasteiger partial charge in [-0.1, -0.05) is 64.1 Å². The van der Waals surface area contributed by atoms with Crippen LogP contribution in [0, 0.1) is 0 Å². The van der Waals surface area contributed by atoms with Gasteiger partial charge in [0.15, 0.2) is 12.4 Å². The molecule has 0 saturated heterocycles. The Hall–Kier alpha value is -1.74. The number of carbonyl (C=O) groups is 2. The molecular weight excluding hydrogens is 564 g/mol. The van der Waals surface area contributed by atoms with Crippen LogP contribution < -0.4 is 15.4 Å². The van der Waals surface area contributed by atoms with Crippen LogP contribution in [0.2, 0.25) is 25.1 Å². The summed E-state index contributed by atoms with van der Waals surface area (Å²) in [6.45, 7) is -0.115. The lowest BCUT2D eigenvalue weighted by Crippen LogP contribution is -2.26. The number of carbonyl (C=O) groups excluding carboxylic acids is 2. The minimum Gasteiger partial charge on any atom is -0.481 e. The van der Waals surface area contributed by atoms with Crippen molar-refractivity contribution in [3.8, 4) is 5.75 Å². The number of hydrogen-bond acceptors (Lipinski definition) is 5. The number of thiophene rings is 1. The highest BCUT2D eigenvalue weighted by Crippen LogP contribution is 2.48. The van der Waals surface area contributed by atoms with Crippen molar-refractivity contribution in [1.29, 1.82) is 0 Å². The zero-order valence-corrected chi connectivity index (χ0v) is 21.9. The van der Waals surface area contributed by atoms with E-state index in [1.807, 2.05) is 6.07 Å². The summed E-state index contributed by atoms with van der Waals surface area (Å²) in [6, 6.07) is 3.67. The van der Waals surface area contributed by atoms with E-state index in [1.54, 1.807) is 18.5 Å². The fraction of sp³-hybridized carbons (Fsp3) is 0.227. The first kappa shape index (κ1) is 25.4. The number of fused-ring (bicyclic) bond motifs is 1. The molecule has 0 aliphatic heterocycles. The van der Waals surface area contributed by atoms with Crippen molar-refractivity contribution in [3.63, 3.8) is 0 Å². The number of ether oxygens (including phenoxy) is 1. The Morgan fingerprint density at radius 3 is 2.41 bits per heavy atom. The van der Waals surface area contributed by atoms with Crippen molar-refractivity contribution < 1.29 is 14.3 Å². The highest BCUT2D eigenvalue weighted by atomic mass is 35.5. The number of aromatic nitrogens is 1. The van der Waals surface area contributed by atoms with Gasteiger partial charge in [-0.25, -0.2) is 0 Å². The number of hydrogen-bond donors (Lipinski definition) is 2. The third-order valence-corrected chi connectivity index (χ3v) is 8.54. The molecule has 2 heterocycles. The van der Waals surface area contributed by atoms with Crippen molar-refractivity contribution in [2.75, 3.05) is 11.9 Å². The summed E-state index contributed by atoms with van der Waals surface area (Å²) < 4.78 is 5.49. The van der Waals surface area contributed by atoms with Crippen LogP contribution in [0.1, 0.15) is 32.8 Å². The molecule has 6 nitrogen and oxygen atoms in total. The van der Waals surface area contributed by atoms with Crippen LogP contribution in [0.15, 0.2) is 24.5 Å². The molecule has 2 amide bonds. The molecule has 2 aromatic heterocycles. The van der Waals surface area contributed by atoms with Crippen LogP contribution in [0.4, 0.5) is 5.00 Å². The largest absolute Gasteiger partial charge is 0.481 e. The van der Waals surface area contributed by atoms with Crippen molar-refractivity contribution >= 4 is 86.2 Å². The van der Waals surface area contributed by atoms with Gasteiger partial charge in [-0.2, -0.15) is 0 Å². The highest BCUT2D eigenvalue weighted by molar-refractivity contribution is 7.17. The van der Waals surface area contributed by atoms with Crippen LogP contribution in [0.5, 0.6) is 5.75 Å². The Balaban J connectivity index is 1.48. The lowest BCUT2D eigenvalue weighted by atomic mass is 10.1. The van der Waals surface area contributed by atoms with Gasteiger partial charge >= 0.3 is 0 Å². The molecule has 0 spiro atoms. The summed E-state index contributed by atoms with van der Waals surface area (Å²) >= 11 is 31.7. The van der Waals surface area contributed by atoms with Crippen molar-refractivity contribution in [2.45, 2.75) is 25.8 Å². The standard InChI is InChI=1S/C22H16Cl5N3O3S/c23-15-16(24)18(26)20(19(27)17(15)25)33-9-13(31)30-22-14(11-4-1-5-12(11)34-22)21(32)29-8-10-3-2-6-28-7-10/h2-3,6-7H,1,4-5,8-9H2,(H,29,32)(H,30,31). The summed E-state index contributed by atoms with van der Waals surface area (Å²) in [5.41, 5.74) is 2.31. The summed E-state index contributed by atoms with van der Waals surface area (Å²) in [6.07, 6.45) is 5.96. The molecule has 34 heavy (non-hydrogen) atoms. The van der Waals surface area contributed by atoms with E-state index in [1.165, 1.54) is 11.3 Å². The van der Waals surface area contributed by atoms with Gasteiger partial charge in [-0.3, -0.25) is 14.6 Å². The SMILES string of the molecule is O=C(COc1c(Cl)c(Cl)c(Cl)c(Cl)c1Cl)Nc1sc2c(c1C(=O)NCc1cccnc1)CCC2. The van der Waals surface area contributed by atoms with E-state index in [0.29, 0.717) is 17.1 Å². The number of amides is 2. The third kappa shape index (κ3) is 5.25.